The average Bonchev–Trinajstić information content (AvgIpc) is 2.93. The van der Waals surface area contributed by atoms with Crippen molar-refractivity contribution >= 4 is 35.1 Å². The SMILES string of the molecule is C=CC(=O)Nc1cc(Nc2nc(N)nc(-c3ccc(CNC(=O)c4ccc(C(C)(C)C)cc4)c(C)c3)n2)ccc1C. The van der Waals surface area contributed by atoms with Crippen molar-refractivity contribution < 1.29 is 9.59 Å². The van der Waals surface area contributed by atoms with Crippen LogP contribution in [0, 0.1) is 13.8 Å². The molecule has 210 valence electrons. The quantitative estimate of drug-likeness (QED) is 0.203. The van der Waals surface area contributed by atoms with Crippen LogP contribution in [-0.2, 0) is 16.8 Å². The maximum absolute atomic E-state index is 12.7. The molecule has 9 nitrogen and oxygen atoms in total. The van der Waals surface area contributed by atoms with Crippen molar-refractivity contribution in [3.63, 3.8) is 0 Å². The first kappa shape index (κ1) is 28.9. The second-order valence-corrected chi connectivity index (χ2v) is 10.8. The molecule has 2 amide bonds. The number of amides is 2. The van der Waals surface area contributed by atoms with Crippen molar-refractivity contribution in [3.8, 4) is 11.4 Å². The number of carbonyl (C=O) groups is 2. The molecule has 0 aliphatic heterocycles. The van der Waals surface area contributed by atoms with Gasteiger partial charge in [0.1, 0.15) is 0 Å². The molecular formula is C32H35N7O2. The van der Waals surface area contributed by atoms with Gasteiger partial charge >= 0.3 is 0 Å². The van der Waals surface area contributed by atoms with Gasteiger partial charge in [-0.3, -0.25) is 9.59 Å². The maximum atomic E-state index is 12.7. The third-order valence-electron chi connectivity index (χ3n) is 6.64. The number of nitrogens with two attached hydrogens (primary N) is 1. The summed E-state index contributed by atoms with van der Waals surface area (Å²) in [5.41, 5.74) is 12.8. The molecule has 0 spiro atoms. The van der Waals surface area contributed by atoms with Gasteiger partial charge in [-0.05, 0) is 77.9 Å². The highest BCUT2D eigenvalue weighted by Crippen LogP contribution is 2.25. The fourth-order valence-corrected chi connectivity index (χ4v) is 4.16. The van der Waals surface area contributed by atoms with Crippen LogP contribution in [0.25, 0.3) is 11.4 Å². The number of nitrogens with one attached hydrogen (secondary N) is 3. The standard InChI is InChI=1S/C32H35N7O2/c1-7-27(40)36-26-17-25(15-8-19(26)2)35-31-38-28(37-30(33)39-31)22-9-10-23(20(3)16-22)18-34-29(41)21-11-13-24(14-12-21)32(4,5)6/h7-17H,1,18H2,2-6H3,(H,34,41)(H,36,40)(H3,33,35,37,38,39). The summed E-state index contributed by atoms with van der Waals surface area (Å²) in [6, 6.07) is 19.0. The number of nitrogen functional groups attached to an aromatic ring is 1. The molecule has 0 aliphatic rings. The highest BCUT2D eigenvalue weighted by molar-refractivity contribution is 5.99. The van der Waals surface area contributed by atoms with Gasteiger partial charge < -0.3 is 21.7 Å². The highest BCUT2D eigenvalue weighted by Gasteiger charge is 2.15. The fraction of sp³-hybridized carbons (Fsp3) is 0.219. The number of hydrogen-bond acceptors (Lipinski definition) is 7. The van der Waals surface area contributed by atoms with Crippen LogP contribution in [0.4, 0.5) is 23.3 Å². The van der Waals surface area contributed by atoms with Crippen molar-refractivity contribution in [1.82, 2.24) is 20.3 Å². The van der Waals surface area contributed by atoms with E-state index < -0.39 is 0 Å². The average molecular weight is 550 g/mol. The maximum Gasteiger partial charge on any atom is 0.251 e. The second kappa shape index (κ2) is 12.0. The van der Waals surface area contributed by atoms with E-state index in [2.05, 4.69) is 58.3 Å². The molecule has 3 aromatic carbocycles. The largest absolute Gasteiger partial charge is 0.368 e. The first-order valence-corrected chi connectivity index (χ1v) is 13.2. The number of rotatable bonds is 8. The van der Waals surface area contributed by atoms with Gasteiger partial charge in [0.15, 0.2) is 5.82 Å². The third kappa shape index (κ3) is 7.33. The minimum atomic E-state index is -0.301. The number of benzene rings is 3. The van der Waals surface area contributed by atoms with Crippen LogP contribution in [0.2, 0.25) is 0 Å². The van der Waals surface area contributed by atoms with E-state index in [1.54, 1.807) is 6.07 Å². The molecule has 1 aromatic heterocycles. The Labute approximate surface area is 240 Å². The van der Waals surface area contributed by atoms with Gasteiger partial charge in [0.05, 0.1) is 0 Å². The lowest BCUT2D eigenvalue weighted by Gasteiger charge is -2.19. The molecule has 5 N–H and O–H groups in total. The van der Waals surface area contributed by atoms with Crippen LogP contribution in [0.15, 0.2) is 73.3 Å². The van der Waals surface area contributed by atoms with Crippen molar-refractivity contribution in [2.24, 2.45) is 0 Å². The number of anilines is 4. The van der Waals surface area contributed by atoms with Gasteiger partial charge in [0, 0.05) is 29.0 Å². The van der Waals surface area contributed by atoms with Crippen molar-refractivity contribution in [2.45, 2.75) is 46.6 Å². The topological polar surface area (TPSA) is 135 Å². The van der Waals surface area contributed by atoms with E-state index in [0.29, 0.717) is 29.3 Å². The van der Waals surface area contributed by atoms with E-state index in [0.717, 1.165) is 22.3 Å². The molecule has 0 fully saturated rings. The lowest BCUT2D eigenvalue weighted by atomic mass is 9.87. The molecule has 9 heteroatoms. The highest BCUT2D eigenvalue weighted by atomic mass is 16.2. The Balaban J connectivity index is 1.47. The number of nitrogens with zero attached hydrogens (tertiary/aromatic N) is 3. The molecule has 0 saturated heterocycles. The van der Waals surface area contributed by atoms with E-state index in [9.17, 15) is 9.59 Å². The molecule has 4 rings (SSSR count). The van der Waals surface area contributed by atoms with Crippen LogP contribution in [-0.4, -0.2) is 26.8 Å². The lowest BCUT2D eigenvalue weighted by Crippen LogP contribution is -2.23. The summed E-state index contributed by atoms with van der Waals surface area (Å²) >= 11 is 0. The normalized spacial score (nSPS) is 11.0. The van der Waals surface area contributed by atoms with Gasteiger partial charge in [-0.1, -0.05) is 57.7 Å². The molecule has 0 bridgehead atoms. The zero-order chi connectivity index (χ0) is 29.7. The fourth-order valence-electron chi connectivity index (χ4n) is 4.16. The zero-order valence-corrected chi connectivity index (χ0v) is 24.0. The van der Waals surface area contributed by atoms with Crippen LogP contribution in [0.3, 0.4) is 0 Å². The van der Waals surface area contributed by atoms with E-state index in [1.807, 2.05) is 68.4 Å². The summed E-state index contributed by atoms with van der Waals surface area (Å²) in [4.78, 5) is 37.6. The van der Waals surface area contributed by atoms with E-state index in [-0.39, 0.29) is 29.1 Å². The molecule has 0 saturated carbocycles. The smallest absolute Gasteiger partial charge is 0.251 e. The monoisotopic (exact) mass is 549 g/mol. The summed E-state index contributed by atoms with van der Waals surface area (Å²) in [6.45, 7) is 14.2. The minimum absolute atomic E-state index is 0.0303. The van der Waals surface area contributed by atoms with Gasteiger partial charge in [0.2, 0.25) is 17.8 Å². The van der Waals surface area contributed by atoms with Crippen molar-refractivity contribution in [2.75, 3.05) is 16.4 Å². The Morgan fingerprint density at radius 1 is 0.927 bits per heavy atom. The summed E-state index contributed by atoms with van der Waals surface area (Å²) in [7, 11) is 0. The Morgan fingerprint density at radius 2 is 1.66 bits per heavy atom. The summed E-state index contributed by atoms with van der Waals surface area (Å²) in [6.07, 6.45) is 1.21. The predicted octanol–water partition coefficient (Wildman–Crippen LogP) is 5.83. The van der Waals surface area contributed by atoms with E-state index >= 15 is 0 Å². The second-order valence-electron chi connectivity index (χ2n) is 10.8. The van der Waals surface area contributed by atoms with Crippen LogP contribution < -0.4 is 21.7 Å². The zero-order valence-electron chi connectivity index (χ0n) is 24.0. The number of carbonyl (C=O) groups excluding carboxylic acids is 2. The molecule has 0 atom stereocenters. The van der Waals surface area contributed by atoms with Crippen LogP contribution in [0.5, 0.6) is 0 Å². The predicted molar refractivity (Wildman–Crippen MR) is 164 cm³/mol. The molecule has 41 heavy (non-hydrogen) atoms. The molecule has 0 unspecified atom stereocenters. The first-order valence-electron chi connectivity index (χ1n) is 13.2. The Bertz CT molecular complexity index is 1610. The van der Waals surface area contributed by atoms with Crippen molar-refractivity contribution in [3.05, 3.63) is 101 Å². The summed E-state index contributed by atoms with van der Waals surface area (Å²) < 4.78 is 0. The van der Waals surface area contributed by atoms with E-state index in [1.165, 1.54) is 11.6 Å². The molecular weight excluding hydrogens is 514 g/mol. The third-order valence-corrected chi connectivity index (χ3v) is 6.64. The molecule has 0 aliphatic carbocycles. The Hall–Kier alpha value is -5.05. The first-order chi connectivity index (χ1) is 19.4. The lowest BCUT2D eigenvalue weighted by molar-refractivity contribution is -0.111. The minimum Gasteiger partial charge on any atom is -0.368 e. The number of aryl methyl sites for hydroxylation is 2. The van der Waals surface area contributed by atoms with Gasteiger partial charge in [0.25, 0.3) is 5.91 Å². The Kier molecular flexibility index (Phi) is 8.47. The van der Waals surface area contributed by atoms with Crippen molar-refractivity contribution in [1.29, 1.82) is 0 Å². The summed E-state index contributed by atoms with van der Waals surface area (Å²) in [5, 5.41) is 8.91. The van der Waals surface area contributed by atoms with Gasteiger partial charge in [-0.25, -0.2) is 0 Å². The van der Waals surface area contributed by atoms with Gasteiger partial charge in [-0.2, -0.15) is 15.0 Å². The molecule has 4 aromatic rings. The van der Waals surface area contributed by atoms with E-state index in [4.69, 9.17) is 5.73 Å². The summed E-state index contributed by atoms with van der Waals surface area (Å²) in [5.74, 6) is 0.313. The van der Waals surface area contributed by atoms with Crippen LogP contribution in [0.1, 0.15) is 53.4 Å². The van der Waals surface area contributed by atoms with Crippen LogP contribution >= 0.6 is 0 Å². The number of aromatic nitrogens is 3. The Morgan fingerprint density at radius 3 is 2.32 bits per heavy atom. The van der Waals surface area contributed by atoms with Gasteiger partial charge in [-0.15, -0.1) is 0 Å². The number of hydrogen-bond donors (Lipinski definition) is 4. The molecule has 1 heterocycles. The molecule has 0 radical (unpaired) electrons.